The van der Waals surface area contributed by atoms with E-state index in [-0.39, 0.29) is 17.8 Å². The first-order valence-corrected chi connectivity index (χ1v) is 9.81. The van der Waals surface area contributed by atoms with E-state index in [9.17, 15) is 18.0 Å². The Morgan fingerprint density at radius 1 is 1.04 bits per heavy atom. The fourth-order valence-corrected chi connectivity index (χ4v) is 4.73. The Hall–Kier alpha value is -1.24. The minimum atomic E-state index is -4.67. The first kappa shape index (κ1) is 19.5. The summed E-state index contributed by atoms with van der Waals surface area (Å²) in [6.45, 7) is 0. The molecule has 26 heavy (non-hydrogen) atoms. The largest absolute Gasteiger partial charge is 0.436 e. The molecule has 1 aromatic heterocycles. The molecule has 0 atom stereocenters. The monoisotopic (exact) mass is 391 g/mol. The molecular formula is C18H25ClF3N3O. The third-order valence-corrected chi connectivity index (χ3v) is 5.99. The van der Waals surface area contributed by atoms with Gasteiger partial charge in [0.25, 0.3) is 5.91 Å². The third kappa shape index (κ3) is 3.87. The molecule has 0 aromatic carbocycles. The van der Waals surface area contributed by atoms with Crippen molar-refractivity contribution in [1.29, 1.82) is 0 Å². The number of rotatable bonds is 3. The summed E-state index contributed by atoms with van der Waals surface area (Å²) in [5, 5.41) is 2.91. The summed E-state index contributed by atoms with van der Waals surface area (Å²) in [6, 6.07) is 0.166. The molecule has 2 saturated carbocycles. The number of aryl methyl sites for hydroxylation is 1. The Morgan fingerprint density at radius 2 is 1.50 bits per heavy atom. The molecule has 2 fully saturated rings. The molecule has 0 aliphatic heterocycles. The molecular weight excluding hydrogens is 367 g/mol. The third-order valence-electron chi connectivity index (χ3n) is 5.63. The maximum Gasteiger partial charge on any atom is 0.436 e. The lowest BCUT2D eigenvalue weighted by atomic mass is 9.88. The molecule has 0 N–H and O–H groups in total. The van der Waals surface area contributed by atoms with Crippen LogP contribution in [0.25, 0.3) is 0 Å². The molecule has 2 aliphatic carbocycles. The van der Waals surface area contributed by atoms with Gasteiger partial charge in [0.15, 0.2) is 5.69 Å². The Balaban J connectivity index is 1.95. The molecule has 8 heteroatoms. The normalized spacial score (nSPS) is 20.3. The second-order valence-electron chi connectivity index (χ2n) is 7.43. The Kier molecular flexibility index (Phi) is 5.85. The minimum Gasteiger partial charge on any atom is -0.331 e. The second-order valence-corrected chi connectivity index (χ2v) is 7.81. The maximum atomic E-state index is 13.3. The van der Waals surface area contributed by atoms with Crippen LogP contribution in [0.3, 0.4) is 0 Å². The lowest BCUT2D eigenvalue weighted by Gasteiger charge is -2.41. The van der Waals surface area contributed by atoms with Crippen molar-refractivity contribution in [2.75, 3.05) is 0 Å². The molecule has 146 valence electrons. The number of hydrogen-bond acceptors (Lipinski definition) is 2. The average Bonchev–Trinajstić information content (AvgIpc) is 2.91. The number of carbonyl (C=O) groups is 1. The topological polar surface area (TPSA) is 38.1 Å². The number of amides is 1. The van der Waals surface area contributed by atoms with Crippen LogP contribution in [0, 0.1) is 0 Å². The Morgan fingerprint density at radius 3 is 1.88 bits per heavy atom. The smallest absolute Gasteiger partial charge is 0.331 e. The van der Waals surface area contributed by atoms with E-state index >= 15 is 0 Å². The van der Waals surface area contributed by atoms with Crippen molar-refractivity contribution < 1.29 is 18.0 Å². The van der Waals surface area contributed by atoms with Gasteiger partial charge in [-0.25, -0.2) is 0 Å². The van der Waals surface area contributed by atoms with E-state index in [2.05, 4.69) is 5.10 Å². The van der Waals surface area contributed by atoms with Crippen molar-refractivity contribution in [2.45, 2.75) is 82.5 Å². The molecule has 0 radical (unpaired) electrons. The van der Waals surface area contributed by atoms with Crippen LogP contribution in [-0.2, 0) is 13.2 Å². The van der Waals surface area contributed by atoms with Crippen LogP contribution in [0.5, 0.6) is 0 Å². The van der Waals surface area contributed by atoms with E-state index < -0.39 is 22.8 Å². The SMILES string of the molecule is Cn1nc(C(F)(F)F)c(Cl)c1C(=O)N(C1CCCCC1)C1CCCCC1. The zero-order chi connectivity index (χ0) is 18.9. The number of halogens is 4. The summed E-state index contributed by atoms with van der Waals surface area (Å²) in [5.41, 5.74) is -1.33. The minimum absolute atomic E-state index is 0.0830. The predicted octanol–water partition coefficient (Wildman–Crippen LogP) is 5.20. The summed E-state index contributed by atoms with van der Waals surface area (Å²) in [6.07, 6.45) is 5.45. The van der Waals surface area contributed by atoms with Crippen LogP contribution in [0.1, 0.15) is 80.4 Å². The fourth-order valence-electron chi connectivity index (χ4n) is 4.38. The number of nitrogens with zero attached hydrogens (tertiary/aromatic N) is 3. The highest BCUT2D eigenvalue weighted by Gasteiger charge is 2.42. The van der Waals surface area contributed by atoms with Crippen molar-refractivity contribution in [3.05, 3.63) is 16.4 Å². The summed E-state index contributed by atoms with van der Waals surface area (Å²) in [5.74, 6) is -0.403. The molecule has 0 bridgehead atoms. The molecule has 4 nitrogen and oxygen atoms in total. The van der Waals surface area contributed by atoms with Crippen LogP contribution in [0.15, 0.2) is 0 Å². The van der Waals surface area contributed by atoms with Gasteiger partial charge < -0.3 is 4.90 Å². The standard InChI is InChI=1S/C18H25ClF3N3O/c1-24-15(14(19)16(23-24)18(20,21)22)17(26)25(12-8-4-2-5-9-12)13-10-6-3-7-11-13/h12-13H,2-11H2,1H3. The quantitative estimate of drug-likeness (QED) is 0.710. The molecule has 0 unspecified atom stereocenters. The van der Waals surface area contributed by atoms with Crippen molar-refractivity contribution in [3.8, 4) is 0 Å². The molecule has 0 saturated heterocycles. The highest BCUT2D eigenvalue weighted by Crippen LogP contribution is 2.37. The number of hydrogen-bond donors (Lipinski definition) is 0. The van der Waals surface area contributed by atoms with Crippen LogP contribution in [0.2, 0.25) is 5.02 Å². The summed E-state index contributed by atoms with van der Waals surface area (Å²) < 4.78 is 40.4. The summed E-state index contributed by atoms with van der Waals surface area (Å²) in [4.78, 5) is 15.2. The number of alkyl halides is 3. The van der Waals surface area contributed by atoms with Crippen LogP contribution in [0.4, 0.5) is 13.2 Å². The van der Waals surface area contributed by atoms with Crippen LogP contribution < -0.4 is 0 Å². The van der Waals surface area contributed by atoms with Gasteiger partial charge in [0.2, 0.25) is 0 Å². The Labute approximate surface area is 156 Å². The van der Waals surface area contributed by atoms with Gasteiger partial charge in [0, 0.05) is 19.1 Å². The first-order chi connectivity index (χ1) is 12.3. The predicted molar refractivity (Wildman–Crippen MR) is 93.1 cm³/mol. The first-order valence-electron chi connectivity index (χ1n) is 9.43. The maximum absolute atomic E-state index is 13.3. The molecule has 1 aromatic rings. The fraction of sp³-hybridized carbons (Fsp3) is 0.778. The molecule has 1 heterocycles. The number of aromatic nitrogens is 2. The van der Waals surface area contributed by atoms with E-state index in [1.54, 1.807) is 0 Å². The Bertz CT molecular complexity index is 629. The van der Waals surface area contributed by atoms with E-state index in [1.807, 2.05) is 4.90 Å². The van der Waals surface area contributed by atoms with Crippen LogP contribution in [-0.4, -0.2) is 32.7 Å². The van der Waals surface area contributed by atoms with Gasteiger partial charge in [-0.1, -0.05) is 50.1 Å². The zero-order valence-electron chi connectivity index (χ0n) is 15.0. The van der Waals surface area contributed by atoms with Gasteiger partial charge in [-0.15, -0.1) is 0 Å². The second kappa shape index (κ2) is 7.79. The number of carbonyl (C=O) groups excluding carboxylic acids is 1. The van der Waals surface area contributed by atoms with Gasteiger partial charge in [0.05, 0.1) is 0 Å². The summed E-state index contributed by atoms with van der Waals surface area (Å²) >= 11 is 5.98. The summed E-state index contributed by atoms with van der Waals surface area (Å²) in [7, 11) is 1.36. The highest BCUT2D eigenvalue weighted by molar-refractivity contribution is 6.34. The molecule has 1 amide bonds. The lowest BCUT2D eigenvalue weighted by Crippen LogP contribution is -2.49. The highest BCUT2D eigenvalue weighted by atomic mass is 35.5. The van der Waals surface area contributed by atoms with E-state index in [4.69, 9.17) is 11.6 Å². The van der Waals surface area contributed by atoms with Crippen molar-refractivity contribution >= 4 is 17.5 Å². The van der Waals surface area contributed by atoms with Crippen molar-refractivity contribution in [2.24, 2.45) is 7.05 Å². The van der Waals surface area contributed by atoms with Crippen LogP contribution >= 0.6 is 11.6 Å². The van der Waals surface area contributed by atoms with Crippen molar-refractivity contribution in [3.63, 3.8) is 0 Å². The van der Waals surface area contributed by atoms with Gasteiger partial charge in [0.1, 0.15) is 10.7 Å². The van der Waals surface area contributed by atoms with Gasteiger partial charge in [-0.05, 0) is 25.7 Å². The van der Waals surface area contributed by atoms with Crippen molar-refractivity contribution in [1.82, 2.24) is 14.7 Å². The van der Waals surface area contributed by atoms with Gasteiger partial charge >= 0.3 is 6.18 Å². The van der Waals surface area contributed by atoms with E-state index in [0.717, 1.165) is 68.9 Å². The zero-order valence-corrected chi connectivity index (χ0v) is 15.7. The van der Waals surface area contributed by atoms with E-state index in [0.29, 0.717) is 0 Å². The van der Waals surface area contributed by atoms with Gasteiger partial charge in [-0.2, -0.15) is 18.3 Å². The molecule has 2 aliphatic rings. The lowest BCUT2D eigenvalue weighted by molar-refractivity contribution is -0.141. The van der Waals surface area contributed by atoms with Gasteiger partial charge in [-0.3, -0.25) is 9.48 Å². The molecule has 3 rings (SSSR count). The molecule has 0 spiro atoms. The average molecular weight is 392 g/mol. The van der Waals surface area contributed by atoms with E-state index in [1.165, 1.54) is 7.05 Å².